The maximum atomic E-state index is 11.9. The molecule has 1 aliphatic carbocycles. The molecule has 4 nitrogen and oxygen atoms in total. The van der Waals surface area contributed by atoms with Crippen molar-refractivity contribution in [2.45, 2.75) is 50.6 Å². The molecule has 1 aromatic carbocycles. The molecule has 0 spiro atoms. The number of methoxy groups -OCH3 is 1. The highest BCUT2D eigenvalue weighted by Gasteiger charge is 2.33. The lowest BCUT2D eigenvalue weighted by Gasteiger charge is -2.38. The summed E-state index contributed by atoms with van der Waals surface area (Å²) in [6.45, 7) is 0.506. The van der Waals surface area contributed by atoms with Crippen LogP contribution < -0.4 is 0 Å². The van der Waals surface area contributed by atoms with E-state index >= 15 is 0 Å². The second-order valence-corrected chi connectivity index (χ2v) is 6.21. The SMILES string of the molecule is COCC[C@@H](c1ccccc1Cl)N(C(=O)O)C1CCCCC1. The molecule has 122 valence electrons. The number of carbonyl (C=O) groups is 1. The van der Waals surface area contributed by atoms with Crippen LogP contribution in [-0.4, -0.2) is 35.9 Å². The fourth-order valence-electron chi connectivity index (χ4n) is 3.32. The highest BCUT2D eigenvalue weighted by molar-refractivity contribution is 6.31. The van der Waals surface area contributed by atoms with E-state index in [0.717, 1.165) is 31.2 Å². The van der Waals surface area contributed by atoms with Crippen molar-refractivity contribution in [2.24, 2.45) is 0 Å². The van der Waals surface area contributed by atoms with Gasteiger partial charge in [0.25, 0.3) is 0 Å². The number of halogens is 1. The first-order valence-corrected chi connectivity index (χ1v) is 8.27. The van der Waals surface area contributed by atoms with Gasteiger partial charge in [0.05, 0.1) is 6.04 Å². The molecular formula is C17H24ClNO3. The Labute approximate surface area is 137 Å². The van der Waals surface area contributed by atoms with Crippen LogP contribution in [0.2, 0.25) is 5.02 Å². The van der Waals surface area contributed by atoms with Crippen molar-refractivity contribution in [3.8, 4) is 0 Å². The summed E-state index contributed by atoms with van der Waals surface area (Å²) in [4.78, 5) is 13.5. The van der Waals surface area contributed by atoms with Gasteiger partial charge in [0.1, 0.15) is 0 Å². The van der Waals surface area contributed by atoms with Crippen LogP contribution in [0, 0.1) is 0 Å². The van der Waals surface area contributed by atoms with E-state index in [2.05, 4.69) is 0 Å². The van der Waals surface area contributed by atoms with E-state index in [0.29, 0.717) is 18.1 Å². The van der Waals surface area contributed by atoms with Crippen molar-refractivity contribution in [3.63, 3.8) is 0 Å². The number of ether oxygens (including phenoxy) is 1. The van der Waals surface area contributed by atoms with Crippen LogP contribution in [0.5, 0.6) is 0 Å². The Morgan fingerprint density at radius 1 is 1.36 bits per heavy atom. The first-order valence-electron chi connectivity index (χ1n) is 7.89. The zero-order valence-corrected chi connectivity index (χ0v) is 13.8. The quantitative estimate of drug-likeness (QED) is 0.822. The highest BCUT2D eigenvalue weighted by Crippen LogP contribution is 2.35. The zero-order chi connectivity index (χ0) is 15.9. The zero-order valence-electron chi connectivity index (χ0n) is 13.0. The Bertz CT molecular complexity index is 489. The molecule has 0 bridgehead atoms. The molecule has 0 aromatic heterocycles. The van der Waals surface area contributed by atoms with Crippen LogP contribution in [-0.2, 0) is 4.74 Å². The van der Waals surface area contributed by atoms with Crippen molar-refractivity contribution < 1.29 is 14.6 Å². The number of nitrogens with zero attached hydrogens (tertiary/aromatic N) is 1. The summed E-state index contributed by atoms with van der Waals surface area (Å²) in [6.07, 6.45) is 4.98. The lowest BCUT2D eigenvalue weighted by molar-refractivity contribution is 0.0683. The Morgan fingerprint density at radius 3 is 2.64 bits per heavy atom. The summed E-state index contributed by atoms with van der Waals surface area (Å²) in [5, 5.41) is 10.4. The van der Waals surface area contributed by atoms with Gasteiger partial charge in [0, 0.05) is 24.8 Å². The van der Waals surface area contributed by atoms with Gasteiger partial charge in [-0.1, -0.05) is 49.1 Å². The molecule has 0 saturated heterocycles. The third-order valence-corrected chi connectivity index (χ3v) is 4.73. The molecule has 0 radical (unpaired) electrons. The van der Waals surface area contributed by atoms with E-state index in [1.807, 2.05) is 24.3 Å². The van der Waals surface area contributed by atoms with Crippen LogP contribution in [0.4, 0.5) is 4.79 Å². The Balaban J connectivity index is 2.31. The van der Waals surface area contributed by atoms with Gasteiger partial charge in [0.2, 0.25) is 0 Å². The number of amides is 1. The maximum Gasteiger partial charge on any atom is 0.408 e. The third-order valence-electron chi connectivity index (χ3n) is 4.38. The first kappa shape index (κ1) is 17.1. The van der Waals surface area contributed by atoms with Gasteiger partial charge in [-0.3, -0.25) is 4.90 Å². The number of rotatable bonds is 6. The lowest BCUT2D eigenvalue weighted by Crippen LogP contribution is -2.43. The highest BCUT2D eigenvalue weighted by atomic mass is 35.5. The number of hydrogen-bond donors (Lipinski definition) is 1. The molecule has 1 N–H and O–H groups in total. The molecule has 1 saturated carbocycles. The van der Waals surface area contributed by atoms with Crippen LogP contribution in [0.15, 0.2) is 24.3 Å². The minimum Gasteiger partial charge on any atom is -0.465 e. The molecule has 2 rings (SSSR count). The lowest BCUT2D eigenvalue weighted by atomic mass is 9.91. The monoisotopic (exact) mass is 325 g/mol. The van der Waals surface area contributed by atoms with Crippen molar-refractivity contribution in [3.05, 3.63) is 34.9 Å². The normalized spacial score (nSPS) is 17.2. The molecule has 0 heterocycles. The Hall–Kier alpha value is -1.26. The summed E-state index contributed by atoms with van der Waals surface area (Å²) >= 11 is 6.33. The molecule has 1 fully saturated rings. The summed E-state index contributed by atoms with van der Waals surface area (Å²) in [5.74, 6) is 0. The van der Waals surface area contributed by atoms with Gasteiger partial charge in [-0.15, -0.1) is 0 Å². The average Bonchev–Trinajstić information content (AvgIpc) is 2.52. The topological polar surface area (TPSA) is 49.8 Å². The van der Waals surface area contributed by atoms with Gasteiger partial charge < -0.3 is 9.84 Å². The standard InChI is InChI=1S/C17H24ClNO3/c1-22-12-11-16(14-9-5-6-10-15(14)18)19(17(20)21)13-7-3-2-4-8-13/h5-6,9-10,13,16H,2-4,7-8,11-12H2,1H3,(H,20,21)/t16-/m0/s1. The average molecular weight is 326 g/mol. The smallest absolute Gasteiger partial charge is 0.408 e. The maximum absolute atomic E-state index is 11.9. The van der Waals surface area contributed by atoms with Crippen LogP contribution in [0.3, 0.4) is 0 Å². The van der Waals surface area contributed by atoms with Crippen molar-refractivity contribution in [1.29, 1.82) is 0 Å². The summed E-state index contributed by atoms with van der Waals surface area (Å²) in [5.41, 5.74) is 0.870. The molecule has 1 aromatic rings. The van der Waals surface area contributed by atoms with Gasteiger partial charge in [-0.2, -0.15) is 0 Å². The summed E-state index contributed by atoms with van der Waals surface area (Å²) < 4.78 is 5.19. The first-order chi connectivity index (χ1) is 10.6. The second kappa shape index (κ2) is 8.39. The minimum absolute atomic E-state index is 0.0735. The van der Waals surface area contributed by atoms with Crippen molar-refractivity contribution in [2.75, 3.05) is 13.7 Å². The molecule has 1 amide bonds. The molecule has 0 aliphatic heterocycles. The molecule has 1 aliphatic rings. The number of benzene rings is 1. The van der Waals surface area contributed by atoms with Crippen LogP contribution in [0.1, 0.15) is 50.1 Å². The fraction of sp³-hybridized carbons (Fsp3) is 0.588. The van der Waals surface area contributed by atoms with E-state index in [1.165, 1.54) is 6.42 Å². The summed E-state index contributed by atoms with van der Waals surface area (Å²) in [6, 6.07) is 7.32. The predicted octanol–water partition coefficient (Wildman–Crippen LogP) is 4.73. The van der Waals surface area contributed by atoms with Gasteiger partial charge in [-0.25, -0.2) is 4.79 Å². The van der Waals surface area contributed by atoms with E-state index in [9.17, 15) is 9.90 Å². The number of carboxylic acid groups (broad SMARTS) is 1. The molecule has 0 unspecified atom stereocenters. The molecular weight excluding hydrogens is 302 g/mol. The van der Waals surface area contributed by atoms with Crippen molar-refractivity contribution in [1.82, 2.24) is 4.90 Å². The van der Waals surface area contributed by atoms with Gasteiger partial charge in [0.15, 0.2) is 0 Å². The predicted molar refractivity (Wildman–Crippen MR) is 87.4 cm³/mol. The van der Waals surface area contributed by atoms with E-state index in [4.69, 9.17) is 16.3 Å². The van der Waals surface area contributed by atoms with E-state index in [1.54, 1.807) is 12.0 Å². The van der Waals surface area contributed by atoms with E-state index in [-0.39, 0.29) is 12.1 Å². The second-order valence-electron chi connectivity index (χ2n) is 5.80. The minimum atomic E-state index is -0.868. The largest absolute Gasteiger partial charge is 0.465 e. The van der Waals surface area contributed by atoms with Crippen LogP contribution >= 0.6 is 11.6 Å². The fourth-order valence-corrected chi connectivity index (χ4v) is 3.58. The third kappa shape index (κ3) is 4.14. The van der Waals surface area contributed by atoms with Gasteiger partial charge >= 0.3 is 6.09 Å². The molecule has 1 atom stereocenters. The Kier molecular flexibility index (Phi) is 6.52. The van der Waals surface area contributed by atoms with Gasteiger partial charge in [-0.05, 0) is 30.9 Å². The molecule has 5 heteroatoms. The van der Waals surface area contributed by atoms with Crippen LogP contribution in [0.25, 0.3) is 0 Å². The van der Waals surface area contributed by atoms with Crippen molar-refractivity contribution >= 4 is 17.7 Å². The summed E-state index contributed by atoms with van der Waals surface area (Å²) in [7, 11) is 1.63. The Morgan fingerprint density at radius 2 is 2.05 bits per heavy atom. The molecule has 22 heavy (non-hydrogen) atoms. The van der Waals surface area contributed by atoms with E-state index < -0.39 is 6.09 Å². The number of hydrogen-bond acceptors (Lipinski definition) is 2.